The van der Waals surface area contributed by atoms with Gasteiger partial charge in [-0.3, -0.25) is 9.79 Å². The molecule has 5 heteroatoms. The standard InChI is InChI=1S/C18H16BrN3O/c19-14-8-6-13(7-9-14)17(23)12-22-16-5-2-1-4-15(16)21-11-3-10-20-18(21)22/h1-2,4-9H,3,10-12H2. The van der Waals surface area contributed by atoms with Gasteiger partial charge in [0.05, 0.1) is 17.9 Å². The van der Waals surface area contributed by atoms with Gasteiger partial charge in [-0.25, -0.2) is 0 Å². The second kappa shape index (κ2) is 5.81. The van der Waals surface area contributed by atoms with E-state index in [1.54, 1.807) is 0 Å². The lowest BCUT2D eigenvalue weighted by molar-refractivity contribution is 0.100. The van der Waals surface area contributed by atoms with Crippen LogP contribution in [0.3, 0.4) is 0 Å². The molecule has 0 spiro atoms. The van der Waals surface area contributed by atoms with E-state index in [0.717, 1.165) is 46.9 Å². The topological polar surface area (TPSA) is 35.9 Å². The number of para-hydroxylation sites is 2. The molecular weight excluding hydrogens is 354 g/mol. The summed E-state index contributed by atoms with van der Waals surface area (Å²) in [5, 5.41) is 0. The van der Waals surface area contributed by atoms with E-state index in [1.807, 2.05) is 41.3 Å². The highest BCUT2D eigenvalue weighted by atomic mass is 79.9. The number of carbonyl (C=O) groups excluding carboxylic acids is 1. The van der Waals surface area contributed by atoms with E-state index < -0.39 is 0 Å². The second-order valence-electron chi connectivity index (χ2n) is 5.69. The molecule has 0 unspecified atom stereocenters. The summed E-state index contributed by atoms with van der Waals surface area (Å²) in [6.45, 7) is 2.09. The molecule has 0 amide bonds. The summed E-state index contributed by atoms with van der Waals surface area (Å²) in [6.07, 6.45) is 1.05. The van der Waals surface area contributed by atoms with Crippen LogP contribution in [-0.2, 0) is 0 Å². The zero-order valence-corrected chi connectivity index (χ0v) is 14.2. The highest BCUT2D eigenvalue weighted by Crippen LogP contribution is 2.38. The first-order chi connectivity index (χ1) is 11.2. The summed E-state index contributed by atoms with van der Waals surface area (Å²) in [5.41, 5.74) is 2.94. The summed E-state index contributed by atoms with van der Waals surface area (Å²) < 4.78 is 0.975. The van der Waals surface area contributed by atoms with E-state index in [1.165, 1.54) is 0 Å². The first kappa shape index (κ1) is 14.5. The monoisotopic (exact) mass is 369 g/mol. The Bertz CT molecular complexity index is 785. The van der Waals surface area contributed by atoms with Crippen LogP contribution in [0, 0.1) is 0 Å². The SMILES string of the molecule is O=C(CN1C2=NCCCN2c2ccccc21)c1ccc(Br)cc1. The third kappa shape index (κ3) is 2.55. The Morgan fingerprint density at radius 2 is 1.83 bits per heavy atom. The smallest absolute Gasteiger partial charge is 0.206 e. The summed E-state index contributed by atoms with van der Waals surface area (Å²) in [4.78, 5) is 21.6. The minimum atomic E-state index is 0.0995. The highest BCUT2D eigenvalue weighted by Gasteiger charge is 2.34. The molecule has 2 heterocycles. The Kier molecular flexibility index (Phi) is 3.65. The van der Waals surface area contributed by atoms with Crippen molar-refractivity contribution in [2.75, 3.05) is 29.4 Å². The van der Waals surface area contributed by atoms with E-state index in [0.29, 0.717) is 6.54 Å². The van der Waals surface area contributed by atoms with Crippen molar-refractivity contribution in [1.29, 1.82) is 0 Å². The number of fused-ring (bicyclic) bond motifs is 3. The number of rotatable bonds is 3. The molecule has 116 valence electrons. The van der Waals surface area contributed by atoms with Crippen LogP contribution in [0.2, 0.25) is 0 Å². The van der Waals surface area contributed by atoms with E-state index in [9.17, 15) is 4.79 Å². The van der Waals surface area contributed by atoms with Gasteiger partial charge in [-0.1, -0.05) is 40.2 Å². The van der Waals surface area contributed by atoms with Crippen molar-refractivity contribution >= 4 is 39.0 Å². The number of halogens is 1. The molecule has 4 rings (SSSR count). The number of hydrogen-bond donors (Lipinski definition) is 0. The van der Waals surface area contributed by atoms with E-state index >= 15 is 0 Å². The molecule has 2 aliphatic rings. The molecule has 0 saturated heterocycles. The first-order valence-corrected chi connectivity index (χ1v) is 8.51. The molecule has 23 heavy (non-hydrogen) atoms. The molecule has 0 saturated carbocycles. The van der Waals surface area contributed by atoms with Crippen LogP contribution in [0.15, 0.2) is 58.0 Å². The number of hydrogen-bond acceptors (Lipinski definition) is 4. The van der Waals surface area contributed by atoms with Crippen molar-refractivity contribution < 1.29 is 4.79 Å². The second-order valence-corrected chi connectivity index (χ2v) is 6.61. The van der Waals surface area contributed by atoms with Gasteiger partial charge in [-0.15, -0.1) is 0 Å². The lowest BCUT2D eigenvalue weighted by Gasteiger charge is -2.26. The van der Waals surface area contributed by atoms with Gasteiger partial charge >= 0.3 is 0 Å². The summed E-state index contributed by atoms with van der Waals surface area (Å²) in [7, 11) is 0. The van der Waals surface area contributed by atoms with Crippen molar-refractivity contribution in [2.45, 2.75) is 6.42 Å². The quantitative estimate of drug-likeness (QED) is 0.773. The minimum Gasteiger partial charge on any atom is -0.310 e. The fourth-order valence-corrected chi connectivity index (χ4v) is 3.37. The Balaban J connectivity index is 1.66. The van der Waals surface area contributed by atoms with E-state index in [2.05, 4.69) is 38.0 Å². The average molecular weight is 370 g/mol. The molecule has 4 nitrogen and oxygen atoms in total. The van der Waals surface area contributed by atoms with Crippen molar-refractivity contribution in [3.8, 4) is 0 Å². The maximum atomic E-state index is 12.7. The van der Waals surface area contributed by atoms with E-state index in [4.69, 9.17) is 0 Å². The third-order valence-corrected chi connectivity index (χ3v) is 4.74. The third-order valence-electron chi connectivity index (χ3n) is 4.21. The molecule has 0 atom stereocenters. The first-order valence-electron chi connectivity index (χ1n) is 7.71. The largest absolute Gasteiger partial charge is 0.310 e. The van der Waals surface area contributed by atoms with Crippen molar-refractivity contribution in [3.63, 3.8) is 0 Å². The molecular formula is C18H16BrN3O. The predicted molar refractivity (Wildman–Crippen MR) is 96.5 cm³/mol. The highest BCUT2D eigenvalue weighted by molar-refractivity contribution is 9.10. The maximum Gasteiger partial charge on any atom is 0.206 e. The van der Waals surface area contributed by atoms with Crippen molar-refractivity contribution in [3.05, 3.63) is 58.6 Å². The minimum absolute atomic E-state index is 0.0995. The molecule has 2 aromatic rings. The van der Waals surface area contributed by atoms with E-state index in [-0.39, 0.29) is 5.78 Å². The van der Waals surface area contributed by atoms with Crippen molar-refractivity contribution in [2.24, 2.45) is 4.99 Å². The Morgan fingerprint density at radius 1 is 1.09 bits per heavy atom. The van der Waals surface area contributed by atoms with Gasteiger partial charge in [0.2, 0.25) is 5.96 Å². The van der Waals surface area contributed by atoms with Crippen LogP contribution >= 0.6 is 15.9 Å². The average Bonchev–Trinajstić information content (AvgIpc) is 2.90. The van der Waals surface area contributed by atoms with Crippen LogP contribution in [0.5, 0.6) is 0 Å². The van der Waals surface area contributed by atoms with Gasteiger partial charge in [-0.2, -0.15) is 0 Å². The molecule has 0 bridgehead atoms. The summed E-state index contributed by atoms with van der Waals surface area (Å²) in [6, 6.07) is 15.7. The number of nitrogens with zero attached hydrogens (tertiary/aromatic N) is 3. The Hall–Kier alpha value is -2.14. The number of Topliss-reactive ketones (excluding diaryl/α,β-unsaturated/α-hetero) is 1. The number of carbonyl (C=O) groups is 1. The molecule has 0 aliphatic carbocycles. The molecule has 2 aliphatic heterocycles. The summed E-state index contributed by atoms with van der Waals surface area (Å²) in [5.74, 6) is 1.00. The number of aliphatic imine (C=N–C) groups is 1. The van der Waals surface area contributed by atoms with Crippen LogP contribution < -0.4 is 9.80 Å². The normalized spacial score (nSPS) is 16.0. The van der Waals surface area contributed by atoms with Crippen molar-refractivity contribution in [1.82, 2.24) is 0 Å². The van der Waals surface area contributed by atoms with Crippen LogP contribution in [0.4, 0.5) is 11.4 Å². The zero-order chi connectivity index (χ0) is 15.8. The van der Waals surface area contributed by atoms with Gasteiger partial charge in [0.1, 0.15) is 0 Å². The number of ketones is 1. The van der Waals surface area contributed by atoms with Gasteiger partial charge in [0, 0.05) is 23.1 Å². The van der Waals surface area contributed by atoms with Crippen LogP contribution in [0.1, 0.15) is 16.8 Å². The van der Waals surface area contributed by atoms with Gasteiger partial charge in [0.15, 0.2) is 5.78 Å². The lowest BCUT2D eigenvalue weighted by Crippen LogP contribution is -2.43. The molecule has 0 fully saturated rings. The van der Waals surface area contributed by atoms with Gasteiger partial charge < -0.3 is 9.80 Å². The van der Waals surface area contributed by atoms with Gasteiger partial charge in [-0.05, 0) is 30.7 Å². The predicted octanol–water partition coefficient (Wildman–Crippen LogP) is 3.72. The fourth-order valence-electron chi connectivity index (χ4n) is 3.11. The molecule has 0 radical (unpaired) electrons. The maximum absolute atomic E-state index is 12.7. The fraction of sp³-hybridized carbons (Fsp3) is 0.222. The Labute approximate surface area is 143 Å². The Morgan fingerprint density at radius 3 is 2.61 bits per heavy atom. The number of benzene rings is 2. The summed E-state index contributed by atoms with van der Waals surface area (Å²) >= 11 is 3.40. The zero-order valence-electron chi connectivity index (χ0n) is 12.6. The molecule has 2 aromatic carbocycles. The van der Waals surface area contributed by atoms with Crippen LogP contribution in [-0.4, -0.2) is 31.4 Å². The van der Waals surface area contributed by atoms with Gasteiger partial charge in [0.25, 0.3) is 0 Å². The lowest BCUT2D eigenvalue weighted by atomic mass is 10.1. The number of guanidine groups is 1. The number of anilines is 2. The molecule has 0 N–H and O–H groups in total. The molecule has 0 aromatic heterocycles. The van der Waals surface area contributed by atoms with Crippen LogP contribution in [0.25, 0.3) is 0 Å².